The van der Waals surface area contributed by atoms with Gasteiger partial charge in [0.2, 0.25) is 0 Å². The fourth-order valence-electron chi connectivity index (χ4n) is 3.69. The van der Waals surface area contributed by atoms with E-state index in [1.165, 1.54) is 12.4 Å². The Morgan fingerprint density at radius 2 is 1.72 bits per heavy atom. The molecule has 5 nitrogen and oxygen atoms in total. The summed E-state index contributed by atoms with van der Waals surface area (Å²) in [5.41, 5.74) is 5.48. The summed E-state index contributed by atoms with van der Waals surface area (Å²) in [5.74, 6) is -1.21. The Morgan fingerprint density at radius 1 is 0.897 bits per heavy atom. The summed E-state index contributed by atoms with van der Waals surface area (Å²) in [5, 5.41) is 0.502. The van der Waals surface area contributed by atoms with Gasteiger partial charge in [-0.3, -0.25) is 9.97 Å². The number of hydrogen-bond acceptors (Lipinski definition) is 5. The Morgan fingerprint density at radius 3 is 2.55 bits per heavy atom. The highest BCUT2D eigenvalue weighted by Crippen LogP contribution is 2.30. The normalized spacial score (nSPS) is 13.6. The molecule has 0 saturated heterocycles. The van der Waals surface area contributed by atoms with Gasteiger partial charge in [0.15, 0.2) is 11.6 Å². The van der Waals surface area contributed by atoms with Crippen LogP contribution in [-0.2, 0) is 13.0 Å². The summed E-state index contributed by atoms with van der Waals surface area (Å²) >= 11 is 0. The number of halogens is 2. The van der Waals surface area contributed by atoms with Gasteiger partial charge in [-0.15, -0.1) is 0 Å². The van der Waals surface area contributed by atoms with E-state index in [1.807, 2.05) is 31.5 Å². The van der Waals surface area contributed by atoms with Crippen molar-refractivity contribution in [2.45, 2.75) is 19.9 Å². The minimum absolute atomic E-state index is 0.386. The van der Waals surface area contributed by atoms with Crippen molar-refractivity contribution in [2.24, 2.45) is 0 Å². The van der Waals surface area contributed by atoms with Crippen molar-refractivity contribution in [3.63, 3.8) is 0 Å². The van der Waals surface area contributed by atoms with Crippen LogP contribution in [0.2, 0.25) is 0 Å². The highest BCUT2D eigenvalue weighted by molar-refractivity contribution is 5.89. The van der Waals surface area contributed by atoms with Crippen molar-refractivity contribution in [1.29, 1.82) is 0 Å². The topological polar surface area (TPSA) is 54.8 Å². The van der Waals surface area contributed by atoms with E-state index in [2.05, 4.69) is 30.9 Å². The molecule has 0 aliphatic carbocycles. The van der Waals surface area contributed by atoms with Crippen LogP contribution in [-0.4, -0.2) is 26.5 Å². The number of anilines is 1. The molecular formula is C22H17F2N5. The Hall–Kier alpha value is -3.48. The van der Waals surface area contributed by atoms with Crippen molar-refractivity contribution in [3.05, 3.63) is 77.6 Å². The standard InChI is InChI=1S/C22H17F2N5/c1-13-2-3-14(9-25-13)15-6-16-11-29(5-4-20(16)26-10-15)22-17-7-18(23)19(24)8-21(17)27-12-28-22/h2-3,6-10,12H,4-5,11H2,1H3. The summed E-state index contributed by atoms with van der Waals surface area (Å²) in [6.07, 6.45) is 5.85. The lowest BCUT2D eigenvalue weighted by Gasteiger charge is -2.30. The fourth-order valence-corrected chi connectivity index (χ4v) is 3.69. The molecule has 0 amide bonds. The first-order chi connectivity index (χ1) is 14.1. The Kier molecular flexibility index (Phi) is 4.16. The zero-order chi connectivity index (χ0) is 20.0. The molecule has 0 fully saturated rings. The summed E-state index contributed by atoms with van der Waals surface area (Å²) < 4.78 is 27.4. The largest absolute Gasteiger partial charge is 0.351 e. The van der Waals surface area contributed by atoms with Crippen LogP contribution in [0.15, 0.2) is 49.1 Å². The first-order valence-corrected chi connectivity index (χ1v) is 9.34. The molecule has 0 unspecified atom stereocenters. The Labute approximate surface area is 166 Å². The quantitative estimate of drug-likeness (QED) is 0.513. The van der Waals surface area contributed by atoms with Gasteiger partial charge < -0.3 is 4.90 Å². The second kappa shape index (κ2) is 6.84. The zero-order valence-electron chi connectivity index (χ0n) is 15.7. The van der Waals surface area contributed by atoms with Crippen LogP contribution in [0.25, 0.3) is 22.0 Å². The molecule has 0 N–H and O–H groups in total. The number of hydrogen-bond donors (Lipinski definition) is 0. The van der Waals surface area contributed by atoms with Gasteiger partial charge in [-0.25, -0.2) is 18.7 Å². The second-order valence-corrected chi connectivity index (χ2v) is 7.17. The van der Waals surface area contributed by atoms with Gasteiger partial charge in [0, 0.05) is 65.9 Å². The average molecular weight is 389 g/mol. The molecule has 144 valence electrons. The molecule has 3 aromatic heterocycles. The lowest BCUT2D eigenvalue weighted by Crippen LogP contribution is -2.31. The van der Waals surface area contributed by atoms with Crippen LogP contribution < -0.4 is 4.90 Å². The Bertz CT molecular complexity index is 1220. The maximum Gasteiger partial charge on any atom is 0.161 e. The van der Waals surface area contributed by atoms with Gasteiger partial charge in [0.1, 0.15) is 12.1 Å². The van der Waals surface area contributed by atoms with Gasteiger partial charge in [-0.05, 0) is 30.7 Å². The third-order valence-electron chi connectivity index (χ3n) is 5.24. The maximum atomic E-state index is 13.8. The van der Waals surface area contributed by atoms with E-state index in [1.54, 1.807) is 0 Å². The smallest absolute Gasteiger partial charge is 0.161 e. The molecule has 0 atom stereocenters. The summed E-state index contributed by atoms with van der Waals surface area (Å²) in [6, 6.07) is 8.40. The molecule has 5 rings (SSSR count). The SMILES string of the molecule is Cc1ccc(-c2cnc3c(c2)CN(c2ncnc4cc(F)c(F)cc24)CC3)cn1. The van der Waals surface area contributed by atoms with Crippen LogP contribution >= 0.6 is 0 Å². The van der Waals surface area contributed by atoms with Crippen LogP contribution in [0.4, 0.5) is 14.6 Å². The second-order valence-electron chi connectivity index (χ2n) is 7.17. The van der Waals surface area contributed by atoms with Crippen molar-refractivity contribution in [1.82, 2.24) is 19.9 Å². The monoisotopic (exact) mass is 389 g/mol. The predicted molar refractivity (Wildman–Crippen MR) is 106 cm³/mol. The molecule has 4 aromatic rings. The van der Waals surface area contributed by atoms with Crippen molar-refractivity contribution in [2.75, 3.05) is 11.4 Å². The van der Waals surface area contributed by atoms with Gasteiger partial charge >= 0.3 is 0 Å². The minimum Gasteiger partial charge on any atom is -0.351 e. The summed E-state index contributed by atoms with van der Waals surface area (Å²) in [6.45, 7) is 3.23. The van der Waals surface area contributed by atoms with E-state index < -0.39 is 11.6 Å². The molecule has 0 bridgehead atoms. The minimum atomic E-state index is -0.910. The van der Waals surface area contributed by atoms with Crippen molar-refractivity contribution in [3.8, 4) is 11.1 Å². The van der Waals surface area contributed by atoms with E-state index in [4.69, 9.17) is 0 Å². The number of aromatic nitrogens is 4. The lowest BCUT2D eigenvalue weighted by atomic mass is 10.0. The Balaban J connectivity index is 1.52. The van der Waals surface area contributed by atoms with Crippen LogP contribution in [0.3, 0.4) is 0 Å². The van der Waals surface area contributed by atoms with Crippen molar-refractivity contribution >= 4 is 16.7 Å². The third-order valence-corrected chi connectivity index (χ3v) is 5.24. The van der Waals surface area contributed by atoms with Crippen LogP contribution in [0.1, 0.15) is 17.0 Å². The van der Waals surface area contributed by atoms with E-state index >= 15 is 0 Å². The average Bonchev–Trinajstić information content (AvgIpc) is 2.74. The van der Waals surface area contributed by atoms with Gasteiger partial charge in [0.05, 0.1) is 5.52 Å². The summed E-state index contributed by atoms with van der Waals surface area (Å²) in [7, 11) is 0. The molecule has 1 aromatic carbocycles. The van der Waals surface area contributed by atoms with Crippen molar-refractivity contribution < 1.29 is 8.78 Å². The number of nitrogens with zero attached hydrogens (tertiary/aromatic N) is 5. The molecular weight excluding hydrogens is 372 g/mol. The predicted octanol–water partition coefficient (Wildman–Crippen LogP) is 4.24. The van der Waals surface area contributed by atoms with E-state index in [0.717, 1.165) is 40.6 Å². The number of benzene rings is 1. The number of pyridine rings is 2. The molecule has 7 heteroatoms. The molecule has 4 heterocycles. The molecule has 0 spiro atoms. The highest BCUT2D eigenvalue weighted by atomic mass is 19.2. The third kappa shape index (κ3) is 3.18. The van der Waals surface area contributed by atoms with Crippen LogP contribution in [0, 0.1) is 18.6 Å². The van der Waals surface area contributed by atoms with Gasteiger partial charge in [-0.2, -0.15) is 0 Å². The molecule has 0 saturated carbocycles. The summed E-state index contributed by atoms with van der Waals surface area (Å²) in [4.78, 5) is 19.5. The highest BCUT2D eigenvalue weighted by Gasteiger charge is 2.22. The molecule has 29 heavy (non-hydrogen) atoms. The molecule has 1 aliphatic heterocycles. The fraction of sp³-hybridized carbons (Fsp3) is 0.182. The first-order valence-electron chi connectivity index (χ1n) is 9.34. The van der Waals surface area contributed by atoms with Gasteiger partial charge in [-0.1, -0.05) is 6.07 Å². The number of rotatable bonds is 2. The lowest BCUT2D eigenvalue weighted by molar-refractivity contribution is 0.510. The van der Waals surface area contributed by atoms with E-state index in [-0.39, 0.29) is 0 Å². The first kappa shape index (κ1) is 17.6. The molecule has 1 aliphatic rings. The van der Waals surface area contributed by atoms with Gasteiger partial charge in [0.25, 0.3) is 0 Å². The van der Waals surface area contributed by atoms with E-state index in [9.17, 15) is 8.78 Å². The number of fused-ring (bicyclic) bond motifs is 2. The zero-order valence-corrected chi connectivity index (χ0v) is 15.7. The number of aryl methyl sites for hydroxylation is 1. The molecule has 0 radical (unpaired) electrons. The van der Waals surface area contributed by atoms with E-state index in [0.29, 0.717) is 29.8 Å². The maximum absolute atomic E-state index is 13.8. The van der Waals surface area contributed by atoms with Crippen LogP contribution in [0.5, 0.6) is 0 Å².